The molecule has 31 heavy (non-hydrogen) atoms. The molecule has 0 bridgehead atoms. The largest absolute Gasteiger partial charge is 0.497 e. The van der Waals surface area contributed by atoms with Crippen LogP contribution in [0.2, 0.25) is 5.02 Å². The molecular weight excluding hydrogens is 418 g/mol. The molecule has 1 unspecified atom stereocenters. The molecule has 0 fully saturated rings. The standard InChI is InChI=1S/C24H22ClNO5/c1-16(24(28)30-15-18-5-3-4-6-22(18)25)31-21-11-7-17(8-12-21)23(27)26-19-9-13-20(29-2)14-10-19/h3-14,16H,15H2,1-2H3,(H,26,27). The van der Waals surface area contributed by atoms with E-state index >= 15 is 0 Å². The molecule has 0 radical (unpaired) electrons. The van der Waals surface area contributed by atoms with Crippen LogP contribution < -0.4 is 14.8 Å². The van der Waals surface area contributed by atoms with Crippen molar-refractivity contribution in [3.63, 3.8) is 0 Å². The summed E-state index contributed by atoms with van der Waals surface area (Å²) in [6.45, 7) is 1.66. The minimum atomic E-state index is -0.818. The number of anilines is 1. The zero-order chi connectivity index (χ0) is 22.2. The minimum absolute atomic E-state index is 0.0661. The molecular formula is C24H22ClNO5. The third kappa shape index (κ3) is 6.23. The van der Waals surface area contributed by atoms with E-state index in [1.807, 2.05) is 6.07 Å². The Morgan fingerprint density at radius 3 is 2.23 bits per heavy atom. The predicted molar refractivity (Wildman–Crippen MR) is 119 cm³/mol. The summed E-state index contributed by atoms with van der Waals surface area (Å²) in [4.78, 5) is 24.6. The van der Waals surface area contributed by atoms with Gasteiger partial charge in [-0.05, 0) is 61.5 Å². The fourth-order valence-corrected chi connectivity index (χ4v) is 2.89. The van der Waals surface area contributed by atoms with Crippen LogP contribution in [0.15, 0.2) is 72.8 Å². The lowest BCUT2D eigenvalue weighted by molar-refractivity contribution is -0.152. The molecule has 1 N–H and O–H groups in total. The van der Waals surface area contributed by atoms with Crippen LogP contribution in [0.4, 0.5) is 5.69 Å². The Morgan fingerprint density at radius 1 is 0.935 bits per heavy atom. The maximum atomic E-state index is 12.4. The van der Waals surface area contributed by atoms with Gasteiger partial charge >= 0.3 is 5.97 Å². The molecule has 0 aromatic heterocycles. The van der Waals surface area contributed by atoms with Gasteiger partial charge in [0, 0.05) is 21.8 Å². The number of hydrogen-bond donors (Lipinski definition) is 1. The van der Waals surface area contributed by atoms with Crippen molar-refractivity contribution in [3.05, 3.63) is 88.9 Å². The molecule has 3 aromatic rings. The molecule has 160 valence electrons. The number of rotatable bonds is 8. The topological polar surface area (TPSA) is 73.9 Å². The first-order valence-electron chi connectivity index (χ1n) is 9.58. The molecule has 0 heterocycles. The number of ether oxygens (including phenoxy) is 3. The lowest BCUT2D eigenvalue weighted by atomic mass is 10.2. The fourth-order valence-electron chi connectivity index (χ4n) is 2.70. The first-order chi connectivity index (χ1) is 15.0. The highest BCUT2D eigenvalue weighted by Gasteiger charge is 2.17. The minimum Gasteiger partial charge on any atom is -0.497 e. The van der Waals surface area contributed by atoms with Gasteiger partial charge in [0.25, 0.3) is 5.91 Å². The molecule has 6 nitrogen and oxygen atoms in total. The average Bonchev–Trinajstić information content (AvgIpc) is 2.79. The van der Waals surface area contributed by atoms with Gasteiger partial charge in [0.15, 0.2) is 6.10 Å². The van der Waals surface area contributed by atoms with Crippen LogP contribution in [-0.2, 0) is 16.1 Å². The average molecular weight is 440 g/mol. The van der Waals surface area contributed by atoms with Crippen LogP contribution in [0, 0.1) is 0 Å². The number of amides is 1. The molecule has 0 aliphatic rings. The van der Waals surface area contributed by atoms with Crippen molar-refractivity contribution < 1.29 is 23.8 Å². The lowest BCUT2D eigenvalue weighted by Crippen LogP contribution is -2.26. The van der Waals surface area contributed by atoms with Gasteiger partial charge in [0.05, 0.1) is 7.11 Å². The monoisotopic (exact) mass is 439 g/mol. The third-order valence-electron chi connectivity index (χ3n) is 4.44. The summed E-state index contributed by atoms with van der Waals surface area (Å²) in [6, 6.07) is 20.7. The summed E-state index contributed by atoms with van der Waals surface area (Å²) in [5.74, 6) is 0.382. The molecule has 0 spiro atoms. The van der Waals surface area contributed by atoms with E-state index in [-0.39, 0.29) is 12.5 Å². The quantitative estimate of drug-likeness (QED) is 0.493. The predicted octanol–water partition coefficient (Wildman–Crippen LogP) is 5.11. The fraction of sp³-hybridized carbons (Fsp3) is 0.167. The second kappa shape index (κ2) is 10.5. The Bertz CT molecular complexity index is 1030. The van der Waals surface area contributed by atoms with Crippen LogP contribution >= 0.6 is 11.6 Å². The molecule has 3 aromatic carbocycles. The molecule has 7 heteroatoms. The van der Waals surface area contributed by atoms with Crippen molar-refractivity contribution in [2.75, 3.05) is 12.4 Å². The van der Waals surface area contributed by atoms with Crippen molar-refractivity contribution in [1.29, 1.82) is 0 Å². The van der Waals surface area contributed by atoms with E-state index in [9.17, 15) is 9.59 Å². The van der Waals surface area contributed by atoms with Gasteiger partial charge in [-0.15, -0.1) is 0 Å². The van der Waals surface area contributed by atoms with E-state index < -0.39 is 12.1 Å². The molecule has 0 saturated heterocycles. The molecule has 1 amide bonds. The normalized spacial score (nSPS) is 11.3. The van der Waals surface area contributed by atoms with Crippen LogP contribution in [-0.4, -0.2) is 25.1 Å². The maximum absolute atomic E-state index is 12.4. The molecule has 0 saturated carbocycles. The Labute approximate surface area is 185 Å². The van der Waals surface area contributed by atoms with Crippen molar-refractivity contribution >= 4 is 29.2 Å². The van der Waals surface area contributed by atoms with Gasteiger partial charge in [-0.3, -0.25) is 4.79 Å². The molecule has 0 aliphatic carbocycles. The van der Waals surface area contributed by atoms with Gasteiger partial charge in [0.1, 0.15) is 18.1 Å². The summed E-state index contributed by atoms with van der Waals surface area (Å²) in [7, 11) is 1.58. The molecule has 3 rings (SSSR count). The Hall–Kier alpha value is -3.51. The van der Waals surface area contributed by atoms with E-state index in [0.29, 0.717) is 27.8 Å². The van der Waals surface area contributed by atoms with Gasteiger partial charge in [-0.2, -0.15) is 0 Å². The van der Waals surface area contributed by atoms with Crippen molar-refractivity contribution in [3.8, 4) is 11.5 Å². The number of nitrogens with one attached hydrogen (secondary N) is 1. The Balaban J connectivity index is 1.52. The summed E-state index contributed by atoms with van der Waals surface area (Å²) >= 11 is 6.06. The molecule has 1 atom stereocenters. The van der Waals surface area contributed by atoms with Crippen LogP contribution in [0.5, 0.6) is 11.5 Å². The van der Waals surface area contributed by atoms with Gasteiger partial charge < -0.3 is 19.5 Å². The molecule has 0 aliphatic heterocycles. The van der Waals surface area contributed by atoms with E-state index in [1.165, 1.54) is 0 Å². The maximum Gasteiger partial charge on any atom is 0.347 e. The van der Waals surface area contributed by atoms with Crippen molar-refractivity contribution in [1.82, 2.24) is 0 Å². The number of methoxy groups -OCH3 is 1. The lowest BCUT2D eigenvalue weighted by Gasteiger charge is -2.15. The van der Waals surface area contributed by atoms with Crippen LogP contribution in [0.1, 0.15) is 22.8 Å². The van der Waals surface area contributed by atoms with Gasteiger partial charge in [0.2, 0.25) is 0 Å². The number of benzene rings is 3. The smallest absolute Gasteiger partial charge is 0.347 e. The summed E-state index contributed by atoms with van der Waals surface area (Å²) in [6.07, 6.45) is -0.818. The second-order valence-electron chi connectivity index (χ2n) is 6.67. The zero-order valence-corrected chi connectivity index (χ0v) is 17.9. The number of halogens is 1. The van der Waals surface area contributed by atoms with Crippen molar-refractivity contribution in [2.24, 2.45) is 0 Å². The number of carbonyl (C=O) groups excluding carboxylic acids is 2. The van der Waals surface area contributed by atoms with E-state index in [0.717, 1.165) is 5.56 Å². The highest BCUT2D eigenvalue weighted by molar-refractivity contribution is 6.31. The van der Waals surface area contributed by atoms with E-state index in [2.05, 4.69) is 5.32 Å². The SMILES string of the molecule is COc1ccc(NC(=O)c2ccc(OC(C)C(=O)OCc3ccccc3Cl)cc2)cc1. The second-order valence-corrected chi connectivity index (χ2v) is 7.07. The number of esters is 1. The first kappa shape index (κ1) is 22.2. The highest BCUT2D eigenvalue weighted by Crippen LogP contribution is 2.19. The van der Waals surface area contributed by atoms with Crippen LogP contribution in [0.25, 0.3) is 0 Å². The van der Waals surface area contributed by atoms with Gasteiger partial charge in [-0.25, -0.2) is 4.79 Å². The van der Waals surface area contributed by atoms with Crippen LogP contribution in [0.3, 0.4) is 0 Å². The summed E-state index contributed by atoms with van der Waals surface area (Å²) in [5.41, 5.74) is 1.83. The first-order valence-corrected chi connectivity index (χ1v) is 9.96. The van der Waals surface area contributed by atoms with E-state index in [1.54, 1.807) is 80.8 Å². The summed E-state index contributed by atoms with van der Waals surface area (Å²) < 4.78 is 16.0. The highest BCUT2D eigenvalue weighted by atomic mass is 35.5. The summed E-state index contributed by atoms with van der Waals surface area (Å²) in [5, 5.41) is 3.34. The zero-order valence-electron chi connectivity index (χ0n) is 17.1. The number of hydrogen-bond acceptors (Lipinski definition) is 5. The van der Waals surface area contributed by atoms with Gasteiger partial charge in [-0.1, -0.05) is 29.8 Å². The Kier molecular flexibility index (Phi) is 7.51. The Morgan fingerprint density at radius 2 is 1.58 bits per heavy atom. The number of carbonyl (C=O) groups is 2. The van der Waals surface area contributed by atoms with E-state index in [4.69, 9.17) is 25.8 Å². The third-order valence-corrected chi connectivity index (χ3v) is 4.81. The van der Waals surface area contributed by atoms with Crippen molar-refractivity contribution in [2.45, 2.75) is 19.6 Å².